The Morgan fingerprint density at radius 2 is 2.56 bits per heavy atom. The Labute approximate surface area is 55.5 Å². The molecule has 2 nitrogen and oxygen atoms in total. The van der Waals surface area contributed by atoms with Gasteiger partial charge in [0.25, 0.3) is 0 Å². The zero-order valence-electron chi connectivity index (χ0n) is 5.59. The second kappa shape index (κ2) is 5.35. The van der Waals surface area contributed by atoms with Crippen molar-refractivity contribution in [2.45, 2.75) is 13.3 Å². The summed E-state index contributed by atoms with van der Waals surface area (Å²) in [5, 5.41) is 0. The lowest BCUT2D eigenvalue weighted by atomic mass is 10.1. The van der Waals surface area contributed by atoms with E-state index in [1.807, 2.05) is 13.0 Å². The fourth-order valence-corrected chi connectivity index (χ4v) is 0.404. The van der Waals surface area contributed by atoms with E-state index in [0.29, 0.717) is 12.5 Å². The zero-order valence-corrected chi connectivity index (χ0v) is 5.59. The molecule has 0 aromatic rings. The summed E-state index contributed by atoms with van der Waals surface area (Å²) < 4.78 is 4.35. The smallest absolute Gasteiger partial charge is 0.417 e. The second-order valence-corrected chi connectivity index (χ2v) is 1.93. The van der Waals surface area contributed by atoms with Crippen molar-refractivity contribution < 1.29 is 9.53 Å². The predicted octanol–water partition coefficient (Wildman–Crippen LogP) is 1.28. The molecule has 0 aliphatic carbocycles. The van der Waals surface area contributed by atoms with Crippen LogP contribution in [0, 0.1) is 5.92 Å². The lowest BCUT2D eigenvalue weighted by Gasteiger charge is -2.01. The lowest BCUT2D eigenvalue weighted by Crippen LogP contribution is -1.97. The minimum atomic E-state index is 0.415. The van der Waals surface area contributed by atoms with Crippen molar-refractivity contribution in [3.05, 3.63) is 12.7 Å². The van der Waals surface area contributed by atoms with Crippen molar-refractivity contribution >= 4 is 6.47 Å². The van der Waals surface area contributed by atoms with E-state index in [1.165, 1.54) is 6.47 Å². The van der Waals surface area contributed by atoms with Gasteiger partial charge in [-0.3, -0.25) is 0 Å². The largest absolute Gasteiger partial charge is 0.457 e. The highest BCUT2D eigenvalue weighted by molar-refractivity contribution is 5.38. The number of hydrogen-bond donors (Lipinski definition) is 0. The number of rotatable bonds is 5. The summed E-state index contributed by atoms with van der Waals surface area (Å²) in [4.78, 5) is 9.50. The van der Waals surface area contributed by atoms with Crippen LogP contribution in [0.15, 0.2) is 12.7 Å². The number of hydrogen-bond acceptors (Lipinski definition) is 2. The van der Waals surface area contributed by atoms with Gasteiger partial charge in [-0.1, -0.05) is 13.0 Å². The van der Waals surface area contributed by atoms with E-state index >= 15 is 0 Å². The molecule has 1 radical (unpaired) electrons. The van der Waals surface area contributed by atoms with Crippen LogP contribution in [-0.2, 0) is 9.53 Å². The van der Waals surface area contributed by atoms with Crippen LogP contribution in [0.4, 0.5) is 0 Å². The minimum absolute atomic E-state index is 0.415. The molecule has 0 fully saturated rings. The van der Waals surface area contributed by atoms with Crippen LogP contribution in [0.3, 0.4) is 0 Å². The number of ether oxygens (including phenoxy) is 1. The number of carbonyl (C=O) groups excluding carboxylic acids is 1. The quantitative estimate of drug-likeness (QED) is 0.411. The van der Waals surface area contributed by atoms with Crippen LogP contribution < -0.4 is 0 Å². The maximum atomic E-state index is 9.50. The Hall–Kier alpha value is -0.790. The van der Waals surface area contributed by atoms with Crippen molar-refractivity contribution in [2.24, 2.45) is 5.92 Å². The number of allylic oxidation sites excluding steroid dienone is 1. The first-order valence-corrected chi connectivity index (χ1v) is 2.92. The molecule has 0 aromatic heterocycles. The Balaban J connectivity index is 3.05. The Kier molecular flexibility index (Phi) is 4.88. The standard InChI is InChI=1S/C7H11O2/c1-3-7(2)4-5-9-6-8/h3,7H,1,4-5H2,2H3. The van der Waals surface area contributed by atoms with Gasteiger partial charge in [0.05, 0.1) is 6.61 Å². The van der Waals surface area contributed by atoms with Crippen LogP contribution >= 0.6 is 0 Å². The molecule has 2 heteroatoms. The summed E-state index contributed by atoms with van der Waals surface area (Å²) in [5.74, 6) is 0.415. The molecule has 0 aliphatic rings. The van der Waals surface area contributed by atoms with Gasteiger partial charge in [-0.2, -0.15) is 0 Å². The molecule has 0 aromatic carbocycles. The SMILES string of the molecule is C=CC(C)CCO[C]=O. The van der Waals surface area contributed by atoms with Crippen molar-refractivity contribution in [3.8, 4) is 0 Å². The Morgan fingerprint density at radius 3 is 3.00 bits per heavy atom. The topological polar surface area (TPSA) is 26.3 Å². The summed E-state index contributed by atoms with van der Waals surface area (Å²) >= 11 is 0. The molecule has 0 spiro atoms. The normalized spacial score (nSPS) is 12.1. The monoisotopic (exact) mass is 127 g/mol. The van der Waals surface area contributed by atoms with E-state index in [0.717, 1.165) is 6.42 Å². The van der Waals surface area contributed by atoms with Gasteiger partial charge in [0.1, 0.15) is 0 Å². The molecule has 0 amide bonds. The molecular formula is C7H11O2. The first kappa shape index (κ1) is 8.21. The Bertz CT molecular complexity index is 88.9. The third-order valence-electron chi connectivity index (χ3n) is 1.14. The summed E-state index contributed by atoms with van der Waals surface area (Å²) in [6, 6.07) is 0. The third kappa shape index (κ3) is 5.07. The average Bonchev–Trinajstić information content (AvgIpc) is 1.89. The van der Waals surface area contributed by atoms with Crippen molar-refractivity contribution in [1.29, 1.82) is 0 Å². The lowest BCUT2D eigenvalue weighted by molar-refractivity contribution is 0.262. The predicted molar refractivity (Wildman–Crippen MR) is 35.6 cm³/mol. The van der Waals surface area contributed by atoms with Crippen molar-refractivity contribution in [1.82, 2.24) is 0 Å². The molecule has 0 aliphatic heterocycles. The highest BCUT2D eigenvalue weighted by Crippen LogP contribution is 2.00. The molecule has 0 N–H and O–H groups in total. The molecular weight excluding hydrogens is 116 g/mol. The molecule has 0 saturated carbocycles. The van der Waals surface area contributed by atoms with E-state index in [9.17, 15) is 4.79 Å². The Morgan fingerprint density at radius 1 is 1.89 bits per heavy atom. The van der Waals surface area contributed by atoms with Gasteiger partial charge >= 0.3 is 6.47 Å². The third-order valence-corrected chi connectivity index (χ3v) is 1.14. The first-order valence-electron chi connectivity index (χ1n) is 2.92. The maximum Gasteiger partial charge on any atom is 0.417 e. The first-order chi connectivity index (χ1) is 4.31. The van der Waals surface area contributed by atoms with Gasteiger partial charge < -0.3 is 4.74 Å². The van der Waals surface area contributed by atoms with Crippen LogP contribution in [0.1, 0.15) is 13.3 Å². The highest BCUT2D eigenvalue weighted by atomic mass is 16.5. The second-order valence-electron chi connectivity index (χ2n) is 1.93. The van der Waals surface area contributed by atoms with E-state index in [1.54, 1.807) is 0 Å². The maximum absolute atomic E-state index is 9.50. The van der Waals surface area contributed by atoms with Gasteiger partial charge in [0, 0.05) is 0 Å². The minimum Gasteiger partial charge on any atom is -0.457 e. The van der Waals surface area contributed by atoms with Crippen molar-refractivity contribution in [2.75, 3.05) is 6.61 Å². The summed E-state index contributed by atoms with van der Waals surface area (Å²) in [5.41, 5.74) is 0. The van der Waals surface area contributed by atoms with Crippen LogP contribution in [-0.4, -0.2) is 13.1 Å². The summed E-state index contributed by atoms with van der Waals surface area (Å²) in [7, 11) is 0. The summed E-state index contributed by atoms with van der Waals surface area (Å²) in [6.07, 6.45) is 2.66. The van der Waals surface area contributed by atoms with E-state index in [-0.39, 0.29) is 0 Å². The molecule has 1 atom stereocenters. The van der Waals surface area contributed by atoms with Crippen LogP contribution in [0.2, 0.25) is 0 Å². The fourth-order valence-electron chi connectivity index (χ4n) is 0.404. The molecule has 9 heavy (non-hydrogen) atoms. The van der Waals surface area contributed by atoms with Crippen molar-refractivity contribution in [3.63, 3.8) is 0 Å². The van der Waals surface area contributed by atoms with E-state index < -0.39 is 0 Å². The molecule has 0 rings (SSSR count). The molecule has 0 heterocycles. The van der Waals surface area contributed by atoms with Gasteiger partial charge in [-0.05, 0) is 12.3 Å². The van der Waals surface area contributed by atoms with E-state index in [2.05, 4.69) is 11.3 Å². The molecule has 51 valence electrons. The molecule has 0 bridgehead atoms. The molecule has 0 saturated heterocycles. The van der Waals surface area contributed by atoms with Gasteiger partial charge in [0.2, 0.25) is 0 Å². The fraction of sp³-hybridized carbons (Fsp3) is 0.571. The summed E-state index contributed by atoms with van der Waals surface area (Å²) in [6.45, 7) is 7.40. The van der Waals surface area contributed by atoms with Gasteiger partial charge in [-0.25, -0.2) is 4.79 Å². The molecule has 1 unspecified atom stereocenters. The average molecular weight is 127 g/mol. The zero-order chi connectivity index (χ0) is 7.11. The van der Waals surface area contributed by atoms with Gasteiger partial charge in [-0.15, -0.1) is 6.58 Å². The van der Waals surface area contributed by atoms with Gasteiger partial charge in [0.15, 0.2) is 0 Å². The van der Waals surface area contributed by atoms with E-state index in [4.69, 9.17) is 0 Å². The van der Waals surface area contributed by atoms with Crippen LogP contribution in [0.5, 0.6) is 0 Å². The highest BCUT2D eigenvalue weighted by Gasteiger charge is 1.94. The van der Waals surface area contributed by atoms with Crippen LogP contribution in [0.25, 0.3) is 0 Å².